The standard InChI is InChI=1S/C15H20BrFN2.2ClH/c16-13-10-12(3-4-14(13)17)15(9-11-1-2-11)19-7-5-18-6-8-19;;/h3-4,10-11,15,18H,1-2,5-9H2;2*1H/t15-;;/m0../s1. The molecular weight excluding hydrogens is 378 g/mol. The molecule has 1 atom stereocenters. The van der Waals surface area contributed by atoms with E-state index in [0.717, 1.165) is 32.1 Å². The van der Waals surface area contributed by atoms with Crippen LogP contribution in [0.1, 0.15) is 30.9 Å². The maximum Gasteiger partial charge on any atom is 0.137 e. The zero-order chi connectivity index (χ0) is 13.2. The molecule has 1 aromatic rings. The van der Waals surface area contributed by atoms with Crippen molar-refractivity contribution in [3.8, 4) is 0 Å². The molecule has 2 aliphatic rings. The second-order valence-electron chi connectivity index (χ2n) is 5.65. The summed E-state index contributed by atoms with van der Waals surface area (Å²) in [6, 6.07) is 5.95. The summed E-state index contributed by atoms with van der Waals surface area (Å²) in [7, 11) is 0. The van der Waals surface area contributed by atoms with E-state index in [1.807, 2.05) is 12.1 Å². The fourth-order valence-electron chi connectivity index (χ4n) is 2.88. The van der Waals surface area contributed by atoms with Crippen LogP contribution in [0.25, 0.3) is 0 Å². The number of halogens is 4. The summed E-state index contributed by atoms with van der Waals surface area (Å²) in [5, 5.41) is 3.40. The number of benzene rings is 1. The summed E-state index contributed by atoms with van der Waals surface area (Å²) in [4.78, 5) is 2.55. The largest absolute Gasteiger partial charge is 0.314 e. The Morgan fingerprint density at radius 1 is 1.24 bits per heavy atom. The number of nitrogens with zero attached hydrogens (tertiary/aromatic N) is 1. The number of hydrogen-bond donors (Lipinski definition) is 1. The molecule has 3 rings (SSSR count). The van der Waals surface area contributed by atoms with Crippen LogP contribution in [0, 0.1) is 11.7 Å². The molecule has 6 heteroatoms. The van der Waals surface area contributed by atoms with Gasteiger partial charge in [-0.2, -0.15) is 0 Å². The third kappa shape index (κ3) is 5.07. The van der Waals surface area contributed by atoms with Crippen LogP contribution in [0.4, 0.5) is 4.39 Å². The van der Waals surface area contributed by atoms with Gasteiger partial charge < -0.3 is 5.32 Å². The zero-order valence-corrected chi connectivity index (χ0v) is 15.1. The van der Waals surface area contributed by atoms with E-state index >= 15 is 0 Å². The molecule has 1 aliphatic heterocycles. The highest BCUT2D eigenvalue weighted by Gasteiger charge is 2.30. The van der Waals surface area contributed by atoms with E-state index < -0.39 is 0 Å². The van der Waals surface area contributed by atoms with Gasteiger partial charge in [-0.1, -0.05) is 18.9 Å². The van der Waals surface area contributed by atoms with Gasteiger partial charge in [0.1, 0.15) is 5.82 Å². The predicted octanol–water partition coefficient (Wildman–Crippen LogP) is 4.18. The first-order valence-corrected chi connectivity index (χ1v) is 7.93. The van der Waals surface area contributed by atoms with E-state index in [-0.39, 0.29) is 30.6 Å². The van der Waals surface area contributed by atoms with Crippen LogP contribution in [0.15, 0.2) is 22.7 Å². The lowest BCUT2D eigenvalue weighted by Crippen LogP contribution is -2.45. The summed E-state index contributed by atoms with van der Waals surface area (Å²) in [5.41, 5.74) is 1.25. The van der Waals surface area contributed by atoms with Gasteiger partial charge in [-0.05, 0) is 46.0 Å². The summed E-state index contributed by atoms with van der Waals surface area (Å²) in [5.74, 6) is 0.706. The normalized spacial score (nSPS) is 20.3. The van der Waals surface area contributed by atoms with Crippen LogP contribution >= 0.6 is 40.7 Å². The minimum atomic E-state index is -0.172. The van der Waals surface area contributed by atoms with Crippen LogP contribution in [0.5, 0.6) is 0 Å². The third-order valence-electron chi connectivity index (χ3n) is 4.17. The minimum Gasteiger partial charge on any atom is -0.314 e. The van der Waals surface area contributed by atoms with Crippen molar-refractivity contribution in [1.29, 1.82) is 0 Å². The van der Waals surface area contributed by atoms with Crippen LogP contribution in [0.2, 0.25) is 0 Å². The van der Waals surface area contributed by atoms with Crippen LogP contribution in [0.3, 0.4) is 0 Å². The lowest BCUT2D eigenvalue weighted by molar-refractivity contribution is 0.160. The molecule has 1 N–H and O–H groups in total. The Bertz CT molecular complexity index is 451. The molecule has 1 saturated heterocycles. The van der Waals surface area contributed by atoms with Crippen LogP contribution in [-0.2, 0) is 0 Å². The second kappa shape index (κ2) is 8.68. The Morgan fingerprint density at radius 2 is 1.90 bits per heavy atom. The summed E-state index contributed by atoms with van der Waals surface area (Å²) >= 11 is 3.31. The van der Waals surface area contributed by atoms with Crippen molar-refractivity contribution in [2.45, 2.75) is 25.3 Å². The van der Waals surface area contributed by atoms with Crippen LogP contribution in [-0.4, -0.2) is 31.1 Å². The fourth-order valence-corrected chi connectivity index (χ4v) is 3.28. The van der Waals surface area contributed by atoms with Gasteiger partial charge in [-0.25, -0.2) is 4.39 Å². The highest BCUT2D eigenvalue weighted by molar-refractivity contribution is 9.10. The minimum absolute atomic E-state index is 0. The number of nitrogens with one attached hydrogen (secondary N) is 1. The smallest absolute Gasteiger partial charge is 0.137 e. The molecule has 1 saturated carbocycles. The quantitative estimate of drug-likeness (QED) is 0.816. The van der Waals surface area contributed by atoms with Gasteiger partial charge in [-0.15, -0.1) is 24.8 Å². The van der Waals surface area contributed by atoms with E-state index in [1.54, 1.807) is 6.07 Å². The predicted molar refractivity (Wildman–Crippen MR) is 93.1 cm³/mol. The number of hydrogen-bond acceptors (Lipinski definition) is 2. The van der Waals surface area contributed by atoms with Crippen molar-refractivity contribution in [2.24, 2.45) is 5.92 Å². The van der Waals surface area contributed by atoms with Gasteiger partial charge in [0.25, 0.3) is 0 Å². The van der Waals surface area contributed by atoms with E-state index in [1.165, 1.54) is 24.8 Å². The van der Waals surface area contributed by atoms with Crippen molar-refractivity contribution in [1.82, 2.24) is 10.2 Å². The van der Waals surface area contributed by atoms with Crippen molar-refractivity contribution >= 4 is 40.7 Å². The average molecular weight is 400 g/mol. The first-order chi connectivity index (χ1) is 9.24. The summed E-state index contributed by atoms with van der Waals surface area (Å²) in [6.45, 7) is 4.30. The summed E-state index contributed by atoms with van der Waals surface area (Å²) < 4.78 is 14.0. The van der Waals surface area contributed by atoms with Gasteiger partial charge in [0.2, 0.25) is 0 Å². The number of rotatable bonds is 4. The highest BCUT2D eigenvalue weighted by Crippen LogP contribution is 2.40. The molecule has 0 amide bonds. The Hall–Kier alpha value is 0.130. The Kier molecular flexibility index (Phi) is 7.93. The van der Waals surface area contributed by atoms with E-state index in [4.69, 9.17) is 0 Å². The highest BCUT2D eigenvalue weighted by atomic mass is 79.9. The fraction of sp³-hybridized carbons (Fsp3) is 0.600. The molecule has 0 radical (unpaired) electrons. The molecule has 21 heavy (non-hydrogen) atoms. The Morgan fingerprint density at radius 3 is 2.48 bits per heavy atom. The molecule has 0 bridgehead atoms. The van der Waals surface area contributed by atoms with Crippen molar-refractivity contribution in [2.75, 3.05) is 26.2 Å². The van der Waals surface area contributed by atoms with Crippen molar-refractivity contribution in [3.05, 3.63) is 34.1 Å². The second-order valence-corrected chi connectivity index (χ2v) is 6.51. The monoisotopic (exact) mass is 398 g/mol. The van der Waals surface area contributed by atoms with E-state index in [9.17, 15) is 4.39 Å². The summed E-state index contributed by atoms with van der Waals surface area (Å²) in [6.07, 6.45) is 3.95. The molecule has 1 aliphatic carbocycles. The van der Waals surface area contributed by atoms with Crippen LogP contribution < -0.4 is 5.32 Å². The zero-order valence-electron chi connectivity index (χ0n) is 11.9. The lowest BCUT2D eigenvalue weighted by atomic mass is 9.98. The third-order valence-corrected chi connectivity index (χ3v) is 4.78. The number of piperazine rings is 1. The van der Waals surface area contributed by atoms with Gasteiger partial charge in [0, 0.05) is 32.2 Å². The molecule has 1 aromatic carbocycles. The van der Waals surface area contributed by atoms with E-state index in [2.05, 4.69) is 26.1 Å². The van der Waals surface area contributed by atoms with Gasteiger partial charge >= 0.3 is 0 Å². The average Bonchev–Trinajstić information content (AvgIpc) is 3.24. The molecule has 0 spiro atoms. The van der Waals surface area contributed by atoms with Gasteiger partial charge in [-0.3, -0.25) is 4.90 Å². The maximum absolute atomic E-state index is 13.4. The van der Waals surface area contributed by atoms with Gasteiger partial charge in [0.15, 0.2) is 0 Å². The molecule has 2 fully saturated rings. The van der Waals surface area contributed by atoms with Crippen molar-refractivity contribution < 1.29 is 4.39 Å². The first kappa shape index (κ1) is 19.2. The topological polar surface area (TPSA) is 15.3 Å². The first-order valence-electron chi connectivity index (χ1n) is 7.14. The van der Waals surface area contributed by atoms with E-state index in [0.29, 0.717) is 10.5 Å². The van der Waals surface area contributed by atoms with Crippen molar-refractivity contribution in [3.63, 3.8) is 0 Å². The maximum atomic E-state index is 13.4. The molecular formula is C15H22BrCl2FN2. The Balaban J connectivity index is 0.00000110. The molecule has 0 aromatic heterocycles. The molecule has 1 heterocycles. The van der Waals surface area contributed by atoms with Gasteiger partial charge in [0.05, 0.1) is 4.47 Å². The Labute approximate surface area is 146 Å². The molecule has 2 nitrogen and oxygen atoms in total. The molecule has 0 unspecified atom stereocenters. The SMILES string of the molecule is Cl.Cl.Fc1ccc([C@H](CC2CC2)N2CCNCC2)cc1Br. The lowest BCUT2D eigenvalue weighted by Gasteiger charge is -2.35. The molecule has 120 valence electrons.